The summed E-state index contributed by atoms with van der Waals surface area (Å²) in [4.78, 5) is 52.1. The number of aliphatic carboxylic acids is 1. The molecule has 2 aliphatic carbocycles. The number of carbonyl (C=O) groups is 3. The van der Waals surface area contributed by atoms with Gasteiger partial charge in [-0.1, -0.05) is 27.7 Å². The number of ether oxygens (including phenoxy) is 1. The van der Waals surface area contributed by atoms with Gasteiger partial charge in [0.2, 0.25) is 0 Å². The van der Waals surface area contributed by atoms with Gasteiger partial charge in [-0.15, -0.1) is 0 Å². The third-order valence-corrected chi connectivity index (χ3v) is 9.38. The summed E-state index contributed by atoms with van der Waals surface area (Å²) in [6.07, 6.45) is 1.62. The van der Waals surface area contributed by atoms with E-state index in [0.717, 1.165) is 11.1 Å². The number of halogens is 2. The van der Waals surface area contributed by atoms with Crippen LogP contribution in [-0.2, 0) is 21.0 Å². The van der Waals surface area contributed by atoms with Crippen LogP contribution in [0.5, 0.6) is 5.75 Å². The fourth-order valence-electron chi connectivity index (χ4n) is 6.46. The minimum Gasteiger partial charge on any atom is -0.487 e. The number of allylic oxidation sites excluding steroid dienone is 4. The van der Waals surface area contributed by atoms with Crippen LogP contribution < -0.4 is 4.74 Å². The van der Waals surface area contributed by atoms with E-state index in [9.17, 15) is 29.6 Å². The second-order valence-electron chi connectivity index (χ2n) is 13.0. The van der Waals surface area contributed by atoms with Crippen LogP contribution in [0.4, 0.5) is 5.69 Å². The lowest BCUT2D eigenvalue weighted by Gasteiger charge is -2.48. The first kappa shape index (κ1) is 31.1. The van der Waals surface area contributed by atoms with Crippen LogP contribution >= 0.6 is 31.9 Å². The molecule has 3 aliphatic rings. The molecule has 0 fully saturated rings. The molecule has 0 atom stereocenters. The first-order chi connectivity index (χ1) is 20.1. The summed E-state index contributed by atoms with van der Waals surface area (Å²) in [5.41, 5.74) is 3.09. The zero-order valence-electron chi connectivity index (χ0n) is 24.3. The number of carbonyl (C=O) groups excluding carboxylic acids is 2. The SMILES string of the molecule is CC1(C)CC(=O)C2=C(C1)N(CC(=O)O)C1=C(C(=O)CC(C)(C)C1)C2c1cc(Br)c(OCc2ccc([N+](=O)[O-])cc2)c(Br)c1. The number of carboxylic acid groups (broad SMARTS) is 1. The molecule has 1 heterocycles. The Kier molecular flexibility index (Phi) is 8.19. The number of Topliss-reactive ketones (excluding diaryl/α,β-unsaturated/α-hetero) is 2. The van der Waals surface area contributed by atoms with Crippen molar-refractivity contribution in [3.63, 3.8) is 0 Å². The molecule has 0 spiro atoms. The highest BCUT2D eigenvalue weighted by Gasteiger charge is 2.49. The molecule has 2 aromatic carbocycles. The van der Waals surface area contributed by atoms with Gasteiger partial charge in [0, 0.05) is 53.4 Å². The molecule has 9 nitrogen and oxygen atoms in total. The summed E-state index contributed by atoms with van der Waals surface area (Å²) in [5, 5.41) is 20.9. The fraction of sp³-hybridized carbons (Fsp3) is 0.406. The Balaban J connectivity index is 1.60. The van der Waals surface area contributed by atoms with Crippen molar-refractivity contribution >= 4 is 55.1 Å². The van der Waals surface area contributed by atoms with Crippen LogP contribution in [0.1, 0.15) is 70.4 Å². The van der Waals surface area contributed by atoms with Crippen LogP contribution in [0, 0.1) is 20.9 Å². The highest BCUT2D eigenvalue weighted by atomic mass is 79.9. The summed E-state index contributed by atoms with van der Waals surface area (Å²) < 4.78 is 7.27. The maximum atomic E-state index is 13.9. The number of ketones is 2. The number of carboxylic acids is 1. The molecular weight excluding hydrogens is 684 g/mol. The van der Waals surface area contributed by atoms with E-state index in [1.807, 2.05) is 39.8 Å². The summed E-state index contributed by atoms with van der Waals surface area (Å²) in [6, 6.07) is 9.81. The average molecular weight is 716 g/mol. The Morgan fingerprint density at radius 1 is 0.953 bits per heavy atom. The highest BCUT2D eigenvalue weighted by Crippen LogP contribution is 2.55. The van der Waals surface area contributed by atoms with Gasteiger partial charge in [-0.3, -0.25) is 24.5 Å². The predicted octanol–water partition coefficient (Wildman–Crippen LogP) is 7.47. The Morgan fingerprint density at radius 2 is 1.44 bits per heavy atom. The van der Waals surface area contributed by atoms with Crippen LogP contribution in [-0.4, -0.2) is 39.0 Å². The minimum atomic E-state index is -1.02. The molecule has 43 heavy (non-hydrogen) atoms. The minimum absolute atomic E-state index is 0.00601. The molecule has 0 saturated carbocycles. The van der Waals surface area contributed by atoms with Gasteiger partial charge in [-0.2, -0.15) is 0 Å². The monoisotopic (exact) mass is 714 g/mol. The van der Waals surface area contributed by atoms with Gasteiger partial charge in [0.15, 0.2) is 11.6 Å². The number of nitro groups is 1. The molecule has 0 aromatic heterocycles. The van der Waals surface area contributed by atoms with Crippen molar-refractivity contribution in [3.05, 3.63) is 89.1 Å². The summed E-state index contributed by atoms with van der Waals surface area (Å²) in [5.74, 6) is -1.33. The first-order valence-electron chi connectivity index (χ1n) is 13.9. The molecule has 5 rings (SSSR count). The van der Waals surface area contributed by atoms with Crippen molar-refractivity contribution in [2.24, 2.45) is 10.8 Å². The van der Waals surface area contributed by atoms with Gasteiger partial charge >= 0.3 is 5.97 Å². The van der Waals surface area contributed by atoms with E-state index >= 15 is 0 Å². The third-order valence-electron chi connectivity index (χ3n) is 8.20. The van der Waals surface area contributed by atoms with E-state index in [2.05, 4.69) is 31.9 Å². The number of hydrogen-bond donors (Lipinski definition) is 1. The number of rotatable bonds is 7. The molecule has 11 heteroatoms. The maximum absolute atomic E-state index is 13.9. The topological polar surface area (TPSA) is 127 Å². The summed E-state index contributed by atoms with van der Waals surface area (Å²) in [6.45, 7) is 7.87. The Morgan fingerprint density at radius 3 is 1.88 bits per heavy atom. The maximum Gasteiger partial charge on any atom is 0.323 e. The molecule has 0 radical (unpaired) electrons. The van der Waals surface area contributed by atoms with E-state index in [4.69, 9.17) is 4.74 Å². The lowest BCUT2D eigenvalue weighted by atomic mass is 9.63. The predicted molar refractivity (Wildman–Crippen MR) is 166 cm³/mol. The number of benzene rings is 2. The highest BCUT2D eigenvalue weighted by molar-refractivity contribution is 9.11. The van der Waals surface area contributed by atoms with E-state index in [1.165, 1.54) is 12.1 Å². The normalized spacial score (nSPS) is 19.7. The van der Waals surface area contributed by atoms with Crippen molar-refractivity contribution in [2.45, 2.75) is 65.9 Å². The van der Waals surface area contributed by atoms with E-state index < -0.39 is 16.8 Å². The lowest BCUT2D eigenvalue weighted by molar-refractivity contribution is -0.384. The van der Waals surface area contributed by atoms with Crippen LogP contribution in [0.3, 0.4) is 0 Å². The Labute approximate surface area is 266 Å². The van der Waals surface area contributed by atoms with E-state index in [-0.39, 0.29) is 41.2 Å². The third kappa shape index (κ3) is 6.20. The van der Waals surface area contributed by atoms with Crippen LogP contribution in [0.2, 0.25) is 0 Å². The van der Waals surface area contributed by atoms with E-state index in [0.29, 0.717) is 62.9 Å². The van der Waals surface area contributed by atoms with Crippen molar-refractivity contribution in [1.29, 1.82) is 0 Å². The lowest BCUT2D eigenvalue weighted by Crippen LogP contribution is -2.45. The molecule has 1 N–H and O–H groups in total. The van der Waals surface area contributed by atoms with E-state index in [1.54, 1.807) is 17.0 Å². The molecule has 0 saturated heterocycles. The number of nitrogens with zero attached hydrogens (tertiary/aromatic N) is 2. The van der Waals surface area contributed by atoms with Crippen molar-refractivity contribution in [1.82, 2.24) is 4.90 Å². The average Bonchev–Trinajstić information content (AvgIpc) is 2.87. The Hall–Kier alpha value is -3.31. The number of hydrogen-bond acceptors (Lipinski definition) is 7. The molecule has 226 valence electrons. The standard InChI is InChI=1S/C32H32Br2N2O7/c1-31(2)11-22-28(24(37)13-31)27(29-23(35(22)15-26(39)40)12-32(3,4)14-25(29)38)18-9-20(33)30(21(34)10-18)43-16-17-5-7-19(8-6-17)36(41)42/h5-10,27H,11-16H2,1-4H3,(H,39,40). The van der Waals surface area contributed by atoms with Crippen molar-refractivity contribution in [3.8, 4) is 5.75 Å². The van der Waals surface area contributed by atoms with Gasteiger partial charge in [-0.05, 0) is 90.9 Å². The second kappa shape index (κ2) is 11.3. The molecule has 0 bridgehead atoms. The molecule has 0 unspecified atom stereocenters. The van der Waals surface area contributed by atoms with Crippen LogP contribution in [0.15, 0.2) is 67.9 Å². The largest absolute Gasteiger partial charge is 0.487 e. The molecule has 1 aliphatic heterocycles. The smallest absolute Gasteiger partial charge is 0.323 e. The van der Waals surface area contributed by atoms with Gasteiger partial charge in [-0.25, -0.2) is 0 Å². The molecular formula is C32H32Br2N2O7. The van der Waals surface area contributed by atoms with Gasteiger partial charge in [0.1, 0.15) is 18.9 Å². The van der Waals surface area contributed by atoms with Crippen LogP contribution in [0.25, 0.3) is 0 Å². The van der Waals surface area contributed by atoms with Crippen molar-refractivity contribution < 1.29 is 29.2 Å². The zero-order chi connectivity index (χ0) is 31.4. The zero-order valence-corrected chi connectivity index (χ0v) is 27.5. The quantitative estimate of drug-likeness (QED) is 0.231. The fourth-order valence-corrected chi connectivity index (χ4v) is 7.91. The second-order valence-corrected chi connectivity index (χ2v) is 14.8. The summed E-state index contributed by atoms with van der Waals surface area (Å²) >= 11 is 7.24. The number of nitro benzene ring substituents is 1. The van der Waals surface area contributed by atoms with Crippen molar-refractivity contribution in [2.75, 3.05) is 6.54 Å². The van der Waals surface area contributed by atoms with Gasteiger partial charge in [0.05, 0.1) is 13.9 Å². The molecule has 0 amide bonds. The Bertz CT molecular complexity index is 1550. The van der Waals surface area contributed by atoms with Gasteiger partial charge in [0.25, 0.3) is 5.69 Å². The number of non-ortho nitro benzene ring substituents is 1. The molecule has 2 aromatic rings. The van der Waals surface area contributed by atoms with Gasteiger partial charge < -0.3 is 14.7 Å². The summed E-state index contributed by atoms with van der Waals surface area (Å²) in [7, 11) is 0. The first-order valence-corrected chi connectivity index (χ1v) is 15.5.